The van der Waals surface area contributed by atoms with E-state index in [1.807, 2.05) is 34.6 Å². The SMILES string of the molecule is CC(C)(C)OC(=O)N1CC(OCCN=[N+]=[N-])CC1(C)C. The normalized spacial score (nSPS) is 21.4. The highest BCUT2D eigenvalue weighted by molar-refractivity contribution is 5.69. The number of hydrogen-bond acceptors (Lipinski definition) is 4. The molecule has 0 N–H and O–H groups in total. The second-order valence-electron chi connectivity index (χ2n) is 6.55. The summed E-state index contributed by atoms with van der Waals surface area (Å²) in [5.74, 6) is 0. The Bertz CT molecular complexity index is 397. The van der Waals surface area contributed by atoms with Crippen LogP contribution in [0.4, 0.5) is 4.79 Å². The zero-order valence-electron chi connectivity index (χ0n) is 12.9. The van der Waals surface area contributed by atoms with Gasteiger partial charge in [0, 0.05) is 17.0 Å². The molecule has 20 heavy (non-hydrogen) atoms. The van der Waals surface area contributed by atoms with Gasteiger partial charge in [-0.2, -0.15) is 0 Å². The Labute approximate surface area is 119 Å². The molecule has 1 fully saturated rings. The number of carbonyl (C=O) groups excluding carboxylic acids is 1. The Morgan fingerprint density at radius 2 is 2.15 bits per heavy atom. The minimum Gasteiger partial charge on any atom is -0.444 e. The van der Waals surface area contributed by atoms with Gasteiger partial charge in [0.1, 0.15) is 5.60 Å². The number of amides is 1. The first kappa shape index (κ1) is 16.6. The lowest BCUT2D eigenvalue weighted by Crippen LogP contribution is -2.45. The Kier molecular flexibility index (Phi) is 5.25. The molecule has 1 aliphatic rings. The molecule has 1 rings (SSSR count). The van der Waals surface area contributed by atoms with E-state index in [9.17, 15) is 4.79 Å². The predicted molar refractivity (Wildman–Crippen MR) is 75.4 cm³/mol. The molecule has 0 aromatic heterocycles. The van der Waals surface area contributed by atoms with E-state index in [1.54, 1.807) is 4.90 Å². The van der Waals surface area contributed by atoms with Gasteiger partial charge in [-0.25, -0.2) is 4.79 Å². The highest BCUT2D eigenvalue weighted by Crippen LogP contribution is 2.31. The monoisotopic (exact) mass is 284 g/mol. The summed E-state index contributed by atoms with van der Waals surface area (Å²) in [7, 11) is 0. The Morgan fingerprint density at radius 3 is 2.70 bits per heavy atom. The van der Waals surface area contributed by atoms with E-state index in [0.29, 0.717) is 19.7 Å². The molecule has 114 valence electrons. The molecule has 7 nitrogen and oxygen atoms in total. The van der Waals surface area contributed by atoms with Crippen molar-refractivity contribution in [2.24, 2.45) is 5.11 Å². The van der Waals surface area contributed by atoms with Gasteiger partial charge in [0.25, 0.3) is 0 Å². The first-order chi connectivity index (χ1) is 9.15. The zero-order valence-corrected chi connectivity index (χ0v) is 12.9. The third kappa shape index (κ3) is 4.90. The molecule has 1 aliphatic heterocycles. The summed E-state index contributed by atoms with van der Waals surface area (Å²) in [5, 5.41) is 3.42. The van der Waals surface area contributed by atoms with Gasteiger partial charge in [-0.1, -0.05) is 5.11 Å². The Morgan fingerprint density at radius 1 is 1.50 bits per heavy atom. The predicted octanol–water partition coefficient (Wildman–Crippen LogP) is 3.10. The summed E-state index contributed by atoms with van der Waals surface area (Å²) < 4.78 is 11.1. The third-order valence-electron chi connectivity index (χ3n) is 3.07. The van der Waals surface area contributed by atoms with E-state index in [1.165, 1.54) is 0 Å². The van der Waals surface area contributed by atoms with Crippen LogP contribution in [0.1, 0.15) is 41.0 Å². The fourth-order valence-corrected chi connectivity index (χ4v) is 2.24. The maximum atomic E-state index is 12.2. The van der Waals surface area contributed by atoms with Gasteiger partial charge in [-0.05, 0) is 46.6 Å². The molecule has 1 amide bonds. The molecule has 0 saturated carbocycles. The fraction of sp³-hybridized carbons (Fsp3) is 0.923. The van der Waals surface area contributed by atoms with Gasteiger partial charge in [0.15, 0.2) is 0 Å². The zero-order chi connectivity index (χ0) is 15.4. The quantitative estimate of drug-likeness (QED) is 0.344. The lowest BCUT2D eigenvalue weighted by Gasteiger charge is -2.33. The van der Waals surface area contributed by atoms with Crippen molar-refractivity contribution in [3.05, 3.63) is 10.4 Å². The molecule has 0 spiro atoms. The van der Waals surface area contributed by atoms with Crippen LogP contribution in [0.15, 0.2) is 5.11 Å². The van der Waals surface area contributed by atoms with Crippen LogP contribution in [-0.2, 0) is 9.47 Å². The number of nitrogens with zero attached hydrogens (tertiary/aromatic N) is 4. The van der Waals surface area contributed by atoms with E-state index >= 15 is 0 Å². The van der Waals surface area contributed by atoms with Crippen molar-refractivity contribution in [3.63, 3.8) is 0 Å². The molecular weight excluding hydrogens is 260 g/mol. The van der Waals surface area contributed by atoms with Crippen molar-refractivity contribution in [3.8, 4) is 0 Å². The van der Waals surface area contributed by atoms with Crippen LogP contribution >= 0.6 is 0 Å². The van der Waals surface area contributed by atoms with Crippen molar-refractivity contribution in [2.75, 3.05) is 19.7 Å². The van der Waals surface area contributed by atoms with Gasteiger partial charge in [0.2, 0.25) is 0 Å². The molecule has 0 bridgehead atoms. The molecule has 0 radical (unpaired) electrons. The van der Waals surface area contributed by atoms with Gasteiger partial charge in [0.05, 0.1) is 19.3 Å². The molecule has 1 atom stereocenters. The maximum Gasteiger partial charge on any atom is 0.410 e. The van der Waals surface area contributed by atoms with Gasteiger partial charge >= 0.3 is 6.09 Å². The van der Waals surface area contributed by atoms with Gasteiger partial charge in [-0.15, -0.1) is 0 Å². The molecule has 0 aromatic carbocycles. The summed E-state index contributed by atoms with van der Waals surface area (Å²) in [4.78, 5) is 16.6. The van der Waals surface area contributed by atoms with Crippen LogP contribution < -0.4 is 0 Å². The molecule has 1 saturated heterocycles. The summed E-state index contributed by atoms with van der Waals surface area (Å²) in [6.07, 6.45) is 0.373. The minimum absolute atomic E-state index is 0.0496. The minimum atomic E-state index is -0.506. The van der Waals surface area contributed by atoms with E-state index in [4.69, 9.17) is 15.0 Å². The molecule has 0 aromatic rings. The lowest BCUT2D eigenvalue weighted by molar-refractivity contribution is 0.0105. The lowest BCUT2D eigenvalue weighted by atomic mass is 10.0. The van der Waals surface area contributed by atoms with Crippen LogP contribution in [0.2, 0.25) is 0 Å². The molecule has 0 aliphatic carbocycles. The van der Waals surface area contributed by atoms with Crippen molar-refractivity contribution in [1.29, 1.82) is 0 Å². The van der Waals surface area contributed by atoms with Gasteiger partial charge < -0.3 is 14.4 Å². The topological polar surface area (TPSA) is 87.5 Å². The molecular formula is C13H24N4O3. The highest BCUT2D eigenvalue weighted by atomic mass is 16.6. The van der Waals surface area contributed by atoms with E-state index in [2.05, 4.69) is 10.0 Å². The van der Waals surface area contributed by atoms with Gasteiger partial charge in [-0.3, -0.25) is 0 Å². The van der Waals surface area contributed by atoms with Crippen LogP contribution in [0.5, 0.6) is 0 Å². The fourth-order valence-electron chi connectivity index (χ4n) is 2.24. The highest BCUT2D eigenvalue weighted by Gasteiger charge is 2.43. The largest absolute Gasteiger partial charge is 0.444 e. The second kappa shape index (κ2) is 6.33. The van der Waals surface area contributed by atoms with E-state index < -0.39 is 5.60 Å². The van der Waals surface area contributed by atoms with E-state index in [-0.39, 0.29) is 17.7 Å². The van der Waals surface area contributed by atoms with Crippen molar-refractivity contribution < 1.29 is 14.3 Å². The average Bonchev–Trinajstić information content (AvgIpc) is 2.58. The number of hydrogen-bond donors (Lipinski definition) is 0. The average molecular weight is 284 g/mol. The number of carbonyl (C=O) groups is 1. The third-order valence-corrected chi connectivity index (χ3v) is 3.07. The second-order valence-corrected chi connectivity index (χ2v) is 6.55. The van der Waals surface area contributed by atoms with Crippen LogP contribution in [0.25, 0.3) is 10.4 Å². The van der Waals surface area contributed by atoms with Crippen LogP contribution in [0.3, 0.4) is 0 Å². The maximum absolute atomic E-state index is 12.2. The van der Waals surface area contributed by atoms with Crippen molar-refractivity contribution in [1.82, 2.24) is 4.90 Å². The summed E-state index contributed by atoms with van der Waals surface area (Å²) in [6.45, 7) is 10.7. The van der Waals surface area contributed by atoms with Crippen LogP contribution in [0, 0.1) is 0 Å². The van der Waals surface area contributed by atoms with Crippen molar-refractivity contribution in [2.45, 2.75) is 58.3 Å². The molecule has 7 heteroatoms. The summed E-state index contributed by atoms with van der Waals surface area (Å²) in [5.41, 5.74) is 7.39. The first-order valence-electron chi connectivity index (χ1n) is 6.79. The molecule has 1 unspecified atom stereocenters. The summed E-state index contributed by atoms with van der Waals surface area (Å²) in [6, 6.07) is 0. The Balaban J connectivity index is 2.56. The smallest absolute Gasteiger partial charge is 0.410 e. The number of rotatable bonds is 4. The Hall–Kier alpha value is -1.46. The van der Waals surface area contributed by atoms with Crippen molar-refractivity contribution >= 4 is 6.09 Å². The standard InChI is InChI=1S/C13H24N4O3/c1-12(2,3)20-11(18)17-9-10(8-13(17,4)5)19-7-6-15-16-14/h10H,6-9H2,1-5H3. The first-order valence-corrected chi connectivity index (χ1v) is 6.79. The van der Waals surface area contributed by atoms with Crippen LogP contribution in [-0.4, -0.2) is 47.9 Å². The molecule has 1 heterocycles. The number of azide groups is 1. The number of likely N-dealkylation sites (tertiary alicyclic amines) is 1. The summed E-state index contributed by atoms with van der Waals surface area (Å²) >= 11 is 0. The van der Waals surface area contributed by atoms with E-state index in [0.717, 1.165) is 6.42 Å². The number of ether oxygens (including phenoxy) is 2.